The van der Waals surface area contributed by atoms with E-state index in [-0.39, 0.29) is 17.9 Å². The zero-order chi connectivity index (χ0) is 13.9. The molecule has 102 valence electrons. The van der Waals surface area contributed by atoms with Gasteiger partial charge in [-0.2, -0.15) is 0 Å². The van der Waals surface area contributed by atoms with E-state index < -0.39 is 17.3 Å². The average molecular weight is 263 g/mol. The Hall–Kier alpha value is -2.11. The van der Waals surface area contributed by atoms with Gasteiger partial charge in [0.05, 0.1) is 11.1 Å². The number of nitrogen functional groups attached to an aromatic ring is 1. The fourth-order valence-corrected chi connectivity index (χ4v) is 2.46. The van der Waals surface area contributed by atoms with Gasteiger partial charge >= 0.3 is 5.97 Å². The third-order valence-electron chi connectivity index (χ3n) is 3.66. The van der Waals surface area contributed by atoms with E-state index in [1.165, 1.54) is 6.20 Å². The van der Waals surface area contributed by atoms with Crippen molar-refractivity contribution in [1.82, 2.24) is 10.3 Å². The van der Waals surface area contributed by atoms with Crippen LogP contribution < -0.4 is 11.1 Å². The van der Waals surface area contributed by atoms with Crippen molar-refractivity contribution in [2.45, 2.75) is 25.7 Å². The van der Waals surface area contributed by atoms with E-state index in [0.29, 0.717) is 12.8 Å². The Bertz CT molecular complexity index is 496. The number of pyridine rings is 1. The molecule has 0 unspecified atom stereocenters. The van der Waals surface area contributed by atoms with E-state index in [9.17, 15) is 14.7 Å². The maximum absolute atomic E-state index is 11.9. The standard InChI is InChI=1S/C13H17N3O3/c14-9-4-3-7-15-10(9)11(17)16-8-13(12(18)19)5-1-2-6-13/h3-4,7H,1-2,5-6,8,14H2,(H,16,17)(H,18,19). The zero-order valence-electron chi connectivity index (χ0n) is 10.6. The van der Waals surface area contributed by atoms with Crippen LogP contribution in [0.2, 0.25) is 0 Å². The van der Waals surface area contributed by atoms with E-state index in [4.69, 9.17) is 5.73 Å². The van der Waals surface area contributed by atoms with Crippen molar-refractivity contribution in [3.05, 3.63) is 24.0 Å². The molecule has 1 fully saturated rings. The number of anilines is 1. The smallest absolute Gasteiger partial charge is 0.311 e. The Morgan fingerprint density at radius 1 is 1.42 bits per heavy atom. The molecule has 1 aliphatic carbocycles. The van der Waals surface area contributed by atoms with Gasteiger partial charge in [-0.1, -0.05) is 12.8 Å². The van der Waals surface area contributed by atoms with Crippen molar-refractivity contribution in [3.8, 4) is 0 Å². The summed E-state index contributed by atoms with van der Waals surface area (Å²) in [6, 6.07) is 3.23. The predicted octanol–water partition coefficient (Wildman–Crippen LogP) is 1.04. The first-order valence-corrected chi connectivity index (χ1v) is 6.27. The summed E-state index contributed by atoms with van der Waals surface area (Å²) in [7, 11) is 0. The van der Waals surface area contributed by atoms with Gasteiger partial charge in [0, 0.05) is 12.7 Å². The molecule has 1 aliphatic rings. The number of aliphatic carboxylic acids is 1. The minimum absolute atomic E-state index is 0.122. The van der Waals surface area contributed by atoms with Gasteiger partial charge in [0.1, 0.15) is 0 Å². The SMILES string of the molecule is Nc1cccnc1C(=O)NCC1(C(=O)O)CCCC1. The molecular formula is C13H17N3O3. The summed E-state index contributed by atoms with van der Waals surface area (Å²) in [5.41, 5.74) is 5.25. The van der Waals surface area contributed by atoms with Crippen molar-refractivity contribution in [2.24, 2.45) is 5.41 Å². The number of rotatable bonds is 4. The molecule has 4 N–H and O–H groups in total. The summed E-state index contributed by atoms with van der Waals surface area (Å²) in [5.74, 6) is -1.27. The summed E-state index contributed by atoms with van der Waals surface area (Å²) >= 11 is 0. The number of aromatic nitrogens is 1. The fraction of sp³-hybridized carbons (Fsp3) is 0.462. The molecule has 0 bridgehead atoms. The molecule has 1 amide bonds. The normalized spacial score (nSPS) is 17.1. The average Bonchev–Trinajstić information content (AvgIpc) is 2.86. The molecule has 0 spiro atoms. The van der Waals surface area contributed by atoms with Crippen LogP contribution in [0.25, 0.3) is 0 Å². The number of amides is 1. The van der Waals surface area contributed by atoms with Gasteiger partial charge in [0.15, 0.2) is 5.69 Å². The molecule has 6 heteroatoms. The molecule has 0 saturated heterocycles. The summed E-state index contributed by atoms with van der Waals surface area (Å²) in [5, 5.41) is 12.0. The highest BCUT2D eigenvalue weighted by Crippen LogP contribution is 2.37. The number of nitrogens with one attached hydrogen (secondary N) is 1. The van der Waals surface area contributed by atoms with Crippen molar-refractivity contribution in [3.63, 3.8) is 0 Å². The van der Waals surface area contributed by atoms with Crippen molar-refractivity contribution in [1.29, 1.82) is 0 Å². The summed E-state index contributed by atoms with van der Waals surface area (Å²) in [4.78, 5) is 27.2. The van der Waals surface area contributed by atoms with Crippen molar-refractivity contribution >= 4 is 17.6 Å². The monoisotopic (exact) mass is 263 g/mol. The van der Waals surface area contributed by atoms with E-state index in [0.717, 1.165) is 12.8 Å². The molecule has 0 aliphatic heterocycles. The predicted molar refractivity (Wildman–Crippen MR) is 69.5 cm³/mol. The molecule has 6 nitrogen and oxygen atoms in total. The van der Waals surface area contributed by atoms with Crippen LogP contribution in [0.1, 0.15) is 36.2 Å². The summed E-state index contributed by atoms with van der Waals surface area (Å²) in [6.45, 7) is 0.122. The molecule has 19 heavy (non-hydrogen) atoms. The third kappa shape index (κ3) is 2.67. The number of carbonyl (C=O) groups excluding carboxylic acids is 1. The maximum atomic E-state index is 11.9. The highest BCUT2D eigenvalue weighted by Gasteiger charge is 2.41. The molecular weight excluding hydrogens is 246 g/mol. The number of carbonyl (C=O) groups is 2. The molecule has 0 atom stereocenters. The molecule has 1 aromatic rings. The highest BCUT2D eigenvalue weighted by atomic mass is 16.4. The number of hydrogen-bond acceptors (Lipinski definition) is 4. The Kier molecular flexibility index (Phi) is 3.69. The number of carboxylic acids is 1. The maximum Gasteiger partial charge on any atom is 0.311 e. The van der Waals surface area contributed by atoms with Crippen LogP contribution in [0.4, 0.5) is 5.69 Å². The fourth-order valence-electron chi connectivity index (χ4n) is 2.46. The van der Waals surface area contributed by atoms with Gasteiger partial charge in [-0.15, -0.1) is 0 Å². The van der Waals surface area contributed by atoms with Crippen LogP contribution in [-0.4, -0.2) is 28.5 Å². The lowest BCUT2D eigenvalue weighted by Crippen LogP contribution is -2.41. The molecule has 1 aromatic heterocycles. The van der Waals surface area contributed by atoms with Gasteiger partial charge in [0.2, 0.25) is 0 Å². The summed E-state index contributed by atoms with van der Waals surface area (Å²) in [6.07, 6.45) is 4.44. The quantitative estimate of drug-likeness (QED) is 0.752. The number of nitrogens with two attached hydrogens (primary N) is 1. The first-order valence-electron chi connectivity index (χ1n) is 6.27. The number of hydrogen-bond donors (Lipinski definition) is 3. The molecule has 1 saturated carbocycles. The van der Waals surface area contributed by atoms with Crippen LogP contribution in [0, 0.1) is 5.41 Å². The van der Waals surface area contributed by atoms with Gasteiger partial charge in [-0.25, -0.2) is 4.98 Å². The Labute approximate surface area is 111 Å². The van der Waals surface area contributed by atoms with Crippen molar-refractivity contribution in [2.75, 3.05) is 12.3 Å². The Balaban J connectivity index is 2.04. The molecule has 1 heterocycles. The van der Waals surface area contributed by atoms with E-state index >= 15 is 0 Å². The zero-order valence-corrected chi connectivity index (χ0v) is 10.6. The topological polar surface area (TPSA) is 105 Å². The lowest BCUT2D eigenvalue weighted by molar-refractivity contribution is -0.148. The van der Waals surface area contributed by atoms with Crippen LogP contribution in [-0.2, 0) is 4.79 Å². The largest absolute Gasteiger partial charge is 0.481 e. The number of nitrogens with zero attached hydrogens (tertiary/aromatic N) is 1. The second-order valence-electron chi connectivity index (χ2n) is 4.92. The van der Waals surface area contributed by atoms with Gasteiger partial charge in [-0.05, 0) is 25.0 Å². The van der Waals surface area contributed by atoms with E-state index in [1.54, 1.807) is 12.1 Å². The summed E-state index contributed by atoms with van der Waals surface area (Å²) < 4.78 is 0. The van der Waals surface area contributed by atoms with Gasteiger partial charge < -0.3 is 16.2 Å². The molecule has 0 aromatic carbocycles. The second-order valence-corrected chi connectivity index (χ2v) is 4.92. The van der Waals surface area contributed by atoms with E-state index in [1.807, 2.05) is 0 Å². The van der Waals surface area contributed by atoms with Crippen molar-refractivity contribution < 1.29 is 14.7 Å². The minimum Gasteiger partial charge on any atom is -0.481 e. The van der Waals surface area contributed by atoms with Gasteiger partial charge in [-0.3, -0.25) is 9.59 Å². The first-order chi connectivity index (χ1) is 9.05. The second kappa shape index (κ2) is 5.26. The molecule has 0 radical (unpaired) electrons. The Morgan fingerprint density at radius 2 is 2.11 bits per heavy atom. The van der Waals surface area contributed by atoms with E-state index in [2.05, 4.69) is 10.3 Å². The number of carboxylic acid groups (broad SMARTS) is 1. The Morgan fingerprint density at radius 3 is 2.68 bits per heavy atom. The van der Waals surface area contributed by atoms with Gasteiger partial charge in [0.25, 0.3) is 5.91 Å². The van der Waals surface area contributed by atoms with Crippen LogP contribution >= 0.6 is 0 Å². The highest BCUT2D eigenvalue weighted by molar-refractivity contribution is 5.97. The van der Waals surface area contributed by atoms with Crippen LogP contribution in [0.5, 0.6) is 0 Å². The minimum atomic E-state index is -0.848. The molecule has 2 rings (SSSR count). The lowest BCUT2D eigenvalue weighted by atomic mass is 9.86. The first kappa shape index (κ1) is 13.3. The van der Waals surface area contributed by atoms with Crippen LogP contribution in [0.15, 0.2) is 18.3 Å². The lowest BCUT2D eigenvalue weighted by Gasteiger charge is -2.23. The van der Waals surface area contributed by atoms with Crippen LogP contribution in [0.3, 0.4) is 0 Å². The third-order valence-corrected chi connectivity index (χ3v) is 3.66.